The van der Waals surface area contributed by atoms with Crippen LogP contribution < -0.4 is 9.47 Å². The number of fused-ring (bicyclic) bond motifs is 1. The average Bonchev–Trinajstić information content (AvgIpc) is 2.55. The van der Waals surface area contributed by atoms with Crippen LogP contribution in [-0.2, 0) is 16.0 Å². The smallest absolute Gasteiger partial charge is 0.308 e. The first-order valence-electron chi connectivity index (χ1n) is 8.79. The lowest BCUT2D eigenvalue weighted by Crippen LogP contribution is -2.09. The van der Waals surface area contributed by atoms with Crippen LogP contribution in [0.1, 0.15) is 57.0 Å². The number of esters is 2. The number of carbonyl (C=O) groups excluding carboxylic acids is 3. The molecule has 0 heterocycles. The van der Waals surface area contributed by atoms with Crippen molar-refractivity contribution in [2.75, 3.05) is 0 Å². The lowest BCUT2D eigenvalue weighted by atomic mass is 9.98. The summed E-state index contributed by atoms with van der Waals surface area (Å²) in [5.74, 6) is -0.818. The molecule has 0 bridgehead atoms. The molecule has 27 heavy (non-hydrogen) atoms. The molecule has 0 atom stereocenters. The minimum Gasteiger partial charge on any atom is -0.426 e. The van der Waals surface area contributed by atoms with Crippen molar-refractivity contribution >= 4 is 28.5 Å². The van der Waals surface area contributed by atoms with Crippen molar-refractivity contribution in [2.45, 2.75) is 47.5 Å². The monoisotopic (exact) mass is 368 g/mol. The van der Waals surface area contributed by atoms with E-state index in [0.717, 1.165) is 18.4 Å². The van der Waals surface area contributed by atoms with Crippen LogP contribution in [0.2, 0.25) is 0 Å². The van der Waals surface area contributed by atoms with Crippen molar-refractivity contribution in [1.29, 1.82) is 0 Å². The normalized spacial score (nSPS) is 10.4. The summed E-state index contributed by atoms with van der Waals surface area (Å²) >= 11 is 0. The first kappa shape index (κ1) is 20.4. The van der Waals surface area contributed by atoms with E-state index in [0.29, 0.717) is 10.8 Å². The van der Waals surface area contributed by atoms with Crippen molar-refractivity contribution in [3.63, 3.8) is 0 Å². The van der Waals surface area contributed by atoms with Crippen LogP contribution in [-0.4, -0.2) is 17.7 Å². The fraction of sp³-hybridized carbons (Fsp3) is 0.318. The molecular formula is C22H24O5. The van der Waals surface area contributed by atoms with E-state index in [1.54, 1.807) is 6.07 Å². The Bertz CT molecular complexity index is 933. The van der Waals surface area contributed by atoms with Gasteiger partial charge in [0.15, 0.2) is 5.78 Å². The maximum absolute atomic E-state index is 12.1. The van der Waals surface area contributed by atoms with Crippen LogP contribution in [0.4, 0.5) is 0 Å². The van der Waals surface area contributed by atoms with Crippen LogP contribution in [0, 0.1) is 0 Å². The third-order valence-electron chi connectivity index (χ3n) is 3.98. The molecule has 0 spiro atoms. The largest absolute Gasteiger partial charge is 0.426 e. The number of hydrogen-bond acceptors (Lipinski definition) is 5. The SMILES string of the molecule is CC(=O)Oc1cc(C(C)=O)c(OC(C)=O)c2ccc(CCC=C(C)C)cc12. The van der Waals surface area contributed by atoms with Crippen molar-refractivity contribution in [3.8, 4) is 11.5 Å². The van der Waals surface area contributed by atoms with E-state index < -0.39 is 11.9 Å². The summed E-state index contributed by atoms with van der Waals surface area (Å²) in [5.41, 5.74) is 2.50. The highest BCUT2D eigenvalue weighted by atomic mass is 16.5. The number of Topliss-reactive ketones (excluding diaryl/α,β-unsaturated/α-hetero) is 1. The molecule has 0 amide bonds. The molecule has 5 nitrogen and oxygen atoms in total. The number of aryl methyl sites for hydroxylation is 1. The summed E-state index contributed by atoms with van der Waals surface area (Å²) in [6, 6.07) is 7.09. The number of ether oxygens (including phenoxy) is 2. The van der Waals surface area contributed by atoms with Gasteiger partial charge in [0.2, 0.25) is 0 Å². The molecule has 0 unspecified atom stereocenters. The van der Waals surface area contributed by atoms with Crippen molar-refractivity contribution < 1.29 is 23.9 Å². The Kier molecular flexibility index (Phi) is 6.50. The second-order valence-electron chi connectivity index (χ2n) is 6.69. The zero-order chi connectivity index (χ0) is 20.1. The lowest BCUT2D eigenvalue weighted by molar-refractivity contribution is -0.132. The second kappa shape index (κ2) is 8.62. The molecule has 5 heteroatoms. The number of rotatable bonds is 6. The van der Waals surface area contributed by atoms with Gasteiger partial charge in [0, 0.05) is 24.6 Å². The molecule has 0 saturated heterocycles. The highest BCUT2D eigenvalue weighted by molar-refractivity contribution is 6.07. The van der Waals surface area contributed by atoms with Gasteiger partial charge in [-0.3, -0.25) is 14.4 Å². The zero-order valence-electron chi connectivity index (χ0n) is 16.3. The molecule has 0 N–H and O–H groups in total. The summed E-state index contributed by atoms with van der Waals surface area (Å²) in [6.45, 7) is 8.06. The molecule has 0 aliphatic heterocycles. The molecule has 142 valence electrons. The molecule has 0 aliphatic carbocycles. The third-order valence-corrected chi connectivity index (χ3v) is 3.98. The minimum absolute atomic E-state index is 0.191. The summed E-state index contributed by atoms with van der Waals surface area (Å²) in [6.07, 6.45) is 3.86. The van der Waals surface area contributed by atoms with E-state index in [4.69, 9.17) is 9.47 Å². The standard InChI is InChI=1S/C22H24O5/c1-13(2)7-6-8-17-9-10-18-20(11-17)21(26-15(4)24)12-19(14(3)23)22(18)27-16(5)25/h7,9-12H,6,8H2,1-5H3. The van der Waals surface area contributed by atoms with E-state index in [1.165, 1.54) is 32.4 Å². The van der Waals surface area contributed by atoms with Gasteiger partial charge in [-0.25, -0.2) is 0 Å². The molecule has 0 aliphatic rings. The molecule has 2 aromatic rings. The number of hydrogen-bond donors (Lipinski definition) is 0. The van der Waals surface area contributed by atoms with Gasteiger partial charge in [0.25, 0.3) is 0 Å². The summed E-state index contributed by atoms with van der Waals surface area (Å²) in [4.78, 5) is 35.1. The van der Waals surface area contributed by atoms with Gasteiger partial charge >= 0.3 is 11.9 Å². The van der Waals surface area contributed by atoms with Gasteiger partial charge in [-0.1, -0.05) is 23.8 Å². The molecule has 0 radical (unpaired) electrons. The van der Waals surface area contributed by atoms with Crippen LogP contribution in [0.3, 0.4) is 0 Å². The van der Waals surface area contributed by atoms with Crippen molar-refractivity contribution in [2.24, 2.45) is 0 Å². The Hall–Kier alpha value is -2.95. The fourth-order valence-electron chi connectivity index (χ4n) is 2.85. The summed E-state index contributed by atoms with van der Waals surface area (Å²) in [5, 5.41) is 1.18. The Balaban J connectivity index is 2.67. The van der Waals surface area contributed by atoms with Crippen LogP contribution >= 0.6 is 0 Å². The van der Waals surface area contributed by atoms with Gasteiger partial charge in [-0.15, -0.1) is 0 Å². The van der Waals surface area contributed by atoms with Gasteiger partial charge in [-0.05, 0) is 51.3 Å². The van der Waals surface area contributed by atoms with Crippen molar-refractivity contribution in [1.82, 2.24) is 0 Å². The highest BCUT2D eigenvalue weighted by Gasteiger charge is 2.20. The molecule has 2 aromatic carbocycles. The summed E-state index contributed by atoms with van der Waals surface area (Å²) in [7, 11) is 0. The summed E-state index contributed by atoms with van der Waals surface area (Å²) < 4.78 is 10.7. The topological polar surface area (TPSA) is 69.7 Å². The van der Waals surface area contributed by atoms with Gasteiger partial charge in [-0.2, -0.15) is 0 Å². The third kappa shape index (κ3) is 5.26. The number of ketones is 1. The molecule has 0 saturated carbocycles. The van der Waals surface area contributed by atoms with E-state index in [1.807, 2.05) is 26.0 Å². The van der Waals surface area contributed by atoms with Gasteiger partial charge in [0.05, 0.1) is 5.56 Å². The number of benzene rings is 2. The van der Waals surface area contributed by atoms with Crippen LogP contribution in [0.25, 0.3) is 10.8 Å². The molecular weight excluding hydrogens is 344 g/mol. The maximum atomic E-state index is 12.1. The Morgan fingerprint density at radius 2 is 1.56 bits per heavy atom. The number of allylic oxidation sites excluding steroid dienone is 2. The second-order valence-corrected chi connectivity index (χ2v) is 6.69. The molecule has 0 fully saturated rings. The average molecular weight is 368 g/mol. The quantitative estimate of drug-likeness (QED) is 0.317. The predicted octanol–water partition coefficient (Wildman–Crippen LogP) is 4.79. The number of carbonyl (C=O) groups is 3. The Morgan fingerprint density at radius 3 is 2.11 bits per heavy atom. The fourth-order valence-corrected chi connectivity index (χ4v) is 2.85. The Morgan fingerprint density at radius 1 is 0.889 bits per heavy atom. The lowest BCUT2D eigenvalue weighted by Gasteiger charge is -2.15. The molecule has 0 aromatic heterocycles. The first-order chi connectivity index (χ1) is 12.7. The van der Waals surface area contributed by atoms with Crippen molar-refractivity contribution in [3.05, 3.63) is 47.0 Å². The van der Waals surface area contributed by atoms with E-state index in [-0.39, 0.29) is 22.8 Å². The highest BCUT2D eigenvalue weighted by Crippen LogP contribution is 2.38. The van der Waals surface area contributed by atoms with E-state index in [2.05, 4.69) is 6.08 Å². The van der Waals surface area contributed by atoms with Crippen LogP contribution in [0.5, 0.6) is 11.5 Å². The van der Waals surface area contributed by atoms with Gasteiger partial charge in [0.1, 0.15) is 11.5 Å². The molecule has 2 rings (SSSR count). The first-order valence-corrected chi connectivity index (χ1v) is 8.79. The zero-order valence-corrected chi connectivity index (χ0v) is 16.3. The maximum Gasteiger partial charge on any atom is 0.308 e. The predicted molar refractivity (Wildman–Crippen MR) is 104 cm³/mol. The van der Waals surface area contributed by atoms with Crippen LogP contribution in [0.15, 0.2) is 35.9 Å². The van der Waals surface area contributed by atoms with E-state index >= 15 is 0 Å². The minimum atomic E-state index is -0.522. The van der Waals surface area contributed by atoms with Gasteiger partial charge < -0.3 is 9.47 Å². The van der Waals surface area contributed by atoms with E-state index in [9.17, 15) is 14.4 Å². The Labute approximate surface area is 159 Å².